The van der Waals surface area contributed by atoms with Gasteiger partial charge in [-0.1, -0.05) is 25.6 Å². The third-order valence-corrected chi connectivity index (χ3v) is 5.66. The van der Waals surface area contributed by atoms with E-state index in [9.17, 15) is 14.0 Å². The molecule has 174 valence electrons. The molecule has 0 radical (unpaired) electrons. The first-order chi connectivity index (χ1) is 15.7. The summed E-state index contributed by atoms with van der Waals surface area (Å²) in [6, 6.07) is 12.6. The van der Waals surface area contributed by atoms with Crippen molar-refractivity contribution in [3.8, 4) is 5.75 Å². The molecule has 1 unspecified atom stereocenters. The van der Waals surface area contributed by atoms with Crippen molar-refractivity contribution in [1.29, 1.82) is 0 Å². The first-order valence-corrected chi connectivity index (χ1v) is 11.6. The van der Waals surface area contributed by atoms with Gasteiger partial charge in [0.2, 0.25) is 5.91 Å². The van der Waals surface area contributed by atoms with Crippen LogP contribution in [0.15, 0.2) is 53.7 Å². The van der Waals surface area contributed by atoms with Crippen LogP contribution < -0.4 is 10.1 Å². The van der Waals surface area contributed by atoms with E-state index in [1.54, 1.807) is 36.4 Å². The molecular weight excluding hydrogens is 443 g/mol. The van der Waals surface area contributed by atoms with Crippen molar-refractivity contribution in [1.82, 2.24) is 14.8 Å². The molecule has 0 aliphatic rings. The summed E-state index contributed by atoms with van der Waals surface area (Å²) in [6.07, 6.45) is -0.412. The second-order valence-corrected chi connectivity index (χ2v) is 8.97. The second kappa shape index (κ2) is 11.1. The molecule has 0 spiro atoms. The van der Waals surface area contributed by atoms with E-state index in [0.29, 0.717) is 40.4 Å². The maximum Gasteiger partial charge on any atom is 0.234 e. The highest BCUT2D eigenvalue weighted by atomic mass is 32.2. The van der Waals surface area contributed by atoms with E-state index < -0.39 is 6.10 Å². The number of aromatic nitrogens is 3. The number of carbonyl (C=O) groups excluding carboxylic acids is 2. The van der Waals surface area contributed by atoms with Gasteiger partial charge in [-0.25, -0.2) is 4.39 Å². The number of ketones is 1. The normalized spacial score (nSPS) is 11.9. The second-order valence-electron chi connectivity index (χ2n) is 8.03. The molecule has 0 saturated heterocycles. The molecule has 1 heterocycles. The topological polar surface area (TPSA) is 86.1 Å². The highest BCUT2D eigenvalue weighted by Crippen LogP contribution is 2.26. The van der Waals surface area contributed by atoms with E-state index in [2.05, 4.69) is 29.4 Å². The number of halogens is 1. The Balaban J connectivity index is 1.66. The van der Waals surface area contributed by atoms with Crippen LogP contribution in [0.3, 0.4) is 0 Å². The number of amides is 1. The van der Waals surface area contributed by atoms with Crippen LogP contribution in [-0.4, -0.2) is 32.2 Å². The average Bonchev–Trinajstić information content (AvgIpc) is 3.16. The summed E-state index contributed by atoms with van der Waals surface area (Å²) >= 11 is 1.29. The Hall–Kier alpha value is -3.20. The third-order valence-electron chi connectivity index (χ3n) is 4.69. The van der Waals surface area contributed by atoms with Crippen molar-refractivity contribution in [3.05, 3.63) is 65.7 Å². The lowest BCUT2D eigenvalue weighted by Gasteiger charge is -2.17. The van der Waals surface area contributed by atoms with Gasteiger partial charge in [-0.05, 0) is 68.3 Å². The van der Waals surface area contributed by atoms with Crippen molar-refractivity contribution < 1.29 is 18.7 Å². The number of anilines is 1. The van der Waals surface area contributed by atoms with E-state index in [4.69, 9.17) is 4.74 Å². The van der Waals surface area contributed by atoms with Gasteiger partial charge in [0.1, 0.15) is 11.6 Å². The Morgan fingerprint density at radius 2 is 1.73 bits per heavy atom. The molecule has 9 heteroatoms. The van der Waals surface area contributed by atoms with Crippen molar-refractivity contribution in [2.24, 2.45) is 5.92 Å². The summed E-state index contributed by atoms with van der Waals surface area (Å²) < 4.78 is 21.0. The first kappa shape index (κ1) is 24.4. The number of nitrogens with zero attached hydrogens (tertiary/aromatic N) is 3. The minimum absolute atomic E-state index is 0.0265. The van der Waals surface area contributed by atoms with Crippen LogP contribution in [0.5, 0.6) is 5.75 Å². The number of rotatable bonds is 10. The minimum Gasteiger partial charge on any atom is -0.483 e. The first-order valence-electron chi connectivity index (χ1n) is 10.6. The number of benzene rings is 2. The van der Waals surface area contributed by atoms with Gasteiger partial charge in [0, 0.05) is 17.8 Å². The Labute approximate surface area is 196 Å². The lowest BCUT2D eigenvalue weighted by atomic mass is 10.1. The molecule has 0 saturated carbocycles. The monoisotopic (exact) mass is 470 g/mol. The van der Waals surface area contributed by atoms with Gasteiger partial charge in [0.25, 0.3) is 0 Å². The molecule has 1 aromatic heterocycles. The maximum absolute atomic E-state index is 13.2. The Kier molecular flexibility index (Phi) is 8.21. The lowest BCUT2D eigenvalue weighted by molar-refractivity contribution is -0.113. The number of ether oxygens (including phenoxy) is 1. The van der Waals surface area contributed by atoms with E-state index in [1.807, 2.05) is 11.5 Å². The summed E-state index contributed by atoms with van der Waals surface area (Å²) in [6.45, 7) is 8.19. The molecule has 1 amide bonds. The van der Waals surface area contributed by atoms with Crippen molar-refractivity contribution in [2.75, 3.05) is 11.1 Å². The summed E-state index contributed by atoms with van der Waals surface area (Å²) in [5, 5.41) is 12.0. The quantitative estimate of drug-likeness (QED) is 0.326. The average molecular weight is 471 g/mol. The minimum atomic E-state index is -0.412. The smallest absolute Gasteiger partial charge is 0.234 e. The maximum atomic E-state index is 13.2. The van der Waals surface area contributed by atoms with Gasteiger partial charge in [-0.3, -0.25) is 9.59 Å². The number of thioether (sulfide) groups is 1. The standard InChI is InChI=1S/C24H27FN4O3S/c1-15(2)13-29-23(17(4)32-21-11-7-19(25)8-12-21)27-28-24(29)33-14-22(31)26-20-9-5-18(6-10-20)16(3)30/h5-12,15,17H,13-14H2,1-4H3,(H,26,31). The fraction of sp³-hybridized carbons (Fsp3) is 0.333. The molecule has 1 N–H and O–H groups in total. The highest BCUT2D eigenvalue weighted by Gasteiger charge is 2.21. The van der Waals surface area contributed by atoms with Crippen molar-refractivity contribution >= 4 is 29.1 Å². The zero-order chi connectivity index (χ0) is 24.0. The molecule has 0 fully saturated rings. The number of hydrogen-bond acceptors (Lipinski definition) is 6. The Bertz CT molecular complexity index is 1100. The molecule has 0 bridgehead atoms. The van der Waals surface area contributed by atoms with Crippen molar-refractivity contribution in [3.63, 3.8) is 0 Å². The summed E-state index contributed by atoms with van der Waals surface area (Å²) in [4.78, 5) is 23.8. The number of hydrogen-bond donors (Lipinski definition) is 1. The summed E-state index contributed by atoms with van der Waals surface area (Å²) in [5.74, 6) is 1.10. The fourth-order valence-corrected chi connectivity index (χ4v) is 3.88. The van der Waals surface area contributed by atoms with Crippen LogP contribution in [0.4, 0.5) is 10.1 Å². The molecule has 0 aliphatic carbocycles. The summed E-state index contributed by atoms with van der Waals surface area (Å²) in [5.41, 5.74) is 1.21. The molecule has 0 aliphatic heterocycles. The van der Waals surface area contributed by atoms with Gasteiger partial charge < -0.3 is 14.6 Å². The fourth-order valence-electron chi connectivity index (χ4n) is 3.13. The van der Waals surface area contributed by atoms with E-state index in [1.165, 1.54) is 30.8 Å². The van der Waals surface area contributed by atoms with E-state index in [0.717, 1.165) is 0 Å². The largest absolute Gasteiger partial charge is 0.483 e. The number of Topliss-reactive ketones (excluding diaryl/α,β-unsaturated/α-hetero) is 1. The van der Waals surface area contributed by atoms with Gasteiger partial charge in [-0.2, -0.15) is 0 Å². The molecule has 2 aromatic carbocycles. The van der Waals surface area contributed by atoms with Gasteiger partial charge in [0.05, 0.1) is 5.75 Å². The molecular formula is C24H27FN4O3S. The number of carbonyl (C=O) groups is 2. The molecule has 3 aromatic rings. The molecule has 7 nitrogen and oxygen atoms in total. The van der Waals surface area contributed by atoms with Crippen LogP contribution in [-0.2, 0) is 11.3 Å². The highest BCUT2D eigenvalue weighted by molar-refractivity contribution is 7.99. The van der Waals surface area contributed by atoms with Crippen LogP contribution in [0.2, 0.25) is 0 Å². The Morgan fingerprint density at radius 3 is 2.33 bits per heavy atom. The van der Waals surface area contributed by atoms with E-state index >= 15 is 0 Å². The zero-order valence-corrected chi connectivity index (χ0v) is 19.9. The van der Waals surface area contributed by atoms with Crippen LogP contribution in [0.25, 0.3) is 0 Å². The van der Waals surface area contributed by atoms with Gasteiger partial charge >= 0.3 is 0 Å². The predicted octanol–water partition coefficient (Wildman–Crippen LogP) is 5.15. The number of nitrogens with one attached hydrogen (secondary N) is 1. The van der Waals surface area contributed by atoms with Crippen LogP contribution >= 0.6 is 11.8 Å². The molecule has 1 atom stereocenters. The zero-order valence-electron chi connectivity index (χ0n) is 19.0. The van der Waals surface area contributed by atoms with Gasteiger partial charge in [-0.15, -0.1) is 10.2 Å². The third kappa shape index (κ3) is 6.89. The van der Waals surface area contributed by atoms with Crippen LogP contribution in [0, 0.1) is 11.7 Å². The van der Waals surface area contributed by atoms with E-state index in [-0.39, 0.29) is 23.3 Å². The van der Waals surface area contributed by atoms with Crippen LogP contribution in [0.1, 0.15) is 50.0 Å². The molecule has 33 heavy (non-hydrogen) atoms. The molecule has 3 rings (SSSR count). The summed E-state index contributed by atoms with van der Waals surface area (Å²) in [7, 11) is 0. The van der Waals surface area contributed by atoms with Crippen molar-refractivity contribution in [2.45, 2.75) is 45.5 Å². The van der Waals surface area contributed by atoms with Gasteiger partial charge in [0.15, 0.2) is 22.9 Å². The predicted molar refractivity (Wildman–Crippen MR) is 126 cm³/mol. The Morgan fingerprint density at radius 1 is 1.06 bits per heavy atom. The lowest BCUT2D eigenvalue weighted by Crippen LogP contribution is -2.17. The SMILES string of the molecule is CC(=O)c1ccc(NC(=O)CSc2nnc(C(C)Oc3ccc(F)cc3)n2CC(C)C)cc1.